The highest BCUT2D eigenvalue weighted by Gasteiger charge is 2.06. The van der Waals surface area contributed by atoms with E-state index in [1.807, 2.05) is 18.2 Å². The van der Waals surface area contributed by atoms with E-state index in [0.717, 1.165) is 19.0 Å². The molecule has 0 unspecified atom stereocenters. The molecule has 0 amide bonds. The van der Waals surface area contributed by atoms with Crippen LogP contribution in [0.3, 0.4) is 0 Å². The number of hydrogen-bond donors (Lipinski definition) is 1. The Labute approximate surface area is 118 Å². The number of aromatic nitrogens is 2. The minimum Gasteiger partial charge on any atom is -0.383 e. The average molecular weight is 410 g/mol. The largest absolute Gasteiger partial charge is 0.383 e. The predicted molar refractivity (Wildman–Crippen MR) is 75.3 cm³/mol. The number of anilines is 1. The van der Waals surface area contributed by atoms with E-state index < -0.39 is 0 Å². The summed E-state index contributed by atoms with van der Waals surface area (Å²) in [5.74, 6) is 0.638. The molecular formula is C10H8Br3N3. The molecule has 2 aromatic rings. The van der Waals surface area contributed by atoms with Gasteiger partial charge in [-0.3, -0.25) is 0 Å². The van der Waals surface area contributed by atoms with E-state index in [2.05, 4.69) is 52.9 Å². The van der Waals surface area contributed by atoms with Gasteiger partial charge in [-0.05, 0) is 65.5 Å². The topological polar surface area (TPSA) is 43.8 Å². The van der Waals surface area contributed by atoms with Gasteiger partial charge in [-0.2, -0.15) is 5.10 Å². The Balaban J connectivity index is 2.27. The fraction of sp³-hybridized carbons (Fsp3) is 0.100. The Morgan fingerprint density at radius 2 is 1.88 bits per heavy atom. The first kappa shape index (κ1) is 12.1. The van der Waals surface area contributed by atoms with Gasteiger partial charge in [-0.15, -0.1) is 0 Å². The molecule has 16 heavy (non-hydrogen) atoms. The van der Waals surface area contributed by atoms with Crippen molar-refractivity contribution in [1.82, 2.24) is 9.78 Å². The van der Waals surface area contributed by atoms with Crippen molar-refractivity contribution in [2.24, 2.45) is 0 Å². The summed E-state index contributed by atoms with van der Waals surface area (Å²) in [7, 11) is 0. The molecule has 84 valence electrons. The number of nitrogens with zero attached hydrogens (tertiary/aromatic N) is 2. The standard InChI is InChI=1S/C10H8Br3N3/c11-7-2-1-6(3-8(7)12)5-16-10(14)9(13)4-15-16/h1-4H,5,14H2. The zero-order valence-electron chi connectivity index (χ0n) is 8.12. The molecule has 6 heteroatoms. The van der Waals surface area contributed by atoms with Crippen molar-refractivity contribution in [1.29, 1.82) is 0 Å². The van der Waals surface area contributed by atoms with Gasteiger partial charge in [-0.1, -0.05) is 6.07 Å². The number of nitrogens with two attached hydrogens (primary N) is 1. The summed E-state index contributed by atoms with van der Waals surface area (Å²) < 4.78 is 4.63. The van der Waals surface area contributed by atoms with Crippen LogP contribution in [0.15, 0.2) is 37.8 Å². The maximum absolute atomic E-state index is 5.85. The minimum atomic E-state index is 0.638. The molecule has 1 aromatic heterocycles. The van der Waals surface area contributed by atoms with Crippen LogP contribution in [-0.2, 0) is 6.54 Å². The summed E-state index contributed by atoms with van der Waals surface area (Å²) in [5, 5.41) is 4.18. The van der Waals surface area contributed by atoms with Crippen molar-refractivity contribution in [3.05, 3.63) is 43.4 Å². The molecule has 3 nitrogen and oxygen atoms in total. The Hall–Kier alpha value is -0.330. The monoisotopic (exact) mass is 407 g/mol. The van der Waals surface area contributed by atoms with Crippen LogP contribution >= 0.6 is 47.8 Å². The Morgan fingerprint density at radius 3 is 2.44 bits per heavy atom. The number of nitrogen functional groups attached to an aromatic ring is 1. The molecule has 0 atom stereocenters. The van der Waals surface area contributed by atoms with Gasteiger partial charge in [0.1, 0.15) is 5.82 Å². The van der Waals surface area contributed by atoms with Crippen LogP contribution in [0.25, 0.3) is 0 Å². The first-order chi connectivity index (χ1) is 7.58. The summed E-state index contributed by atoms with van der Waals surface area (Å²) in [5.41, 5.74) is 6.99. The first-order valence-corrected chi connectivity index (χ1v) is 6.86. The highest BCUT2D eigenvalue weighted by Crippen LogP contribution is 2.25. The average Bonchev–Trinajstić information content (AvgIpc) is 2.55. The lowest BCUT2D eigenvalue weighted by Gasteiger charge is -2.05. The Bertz CT molecular complexity index is 522. The fourth-order valence-corrected chi connectivity index (χ4v) is 2.28. The second-order valence-corrected chi connectivity index (χ2v) is 5.85. The molecule has 2 rings (SSSR count). The Kier molecular flexibility index (Phi) is 3.71. The third kappa shape index (κ3) is 2.49. The van der Waals surface area contributed by atoms with Crippen molar-refractivity contribution < 1.29 is 0 Å². The molecule has 0 bridgehead atoms. The van der Waals surface area contributed by atoms with Gasteiger partial charge >= 0.3 is 0 Å². The quantitative estimate of drug-likeness (QED) is 0.819. The molecule has 0 aliphatic heterocycles. The van der Waals surface area contributed by atoms with E-state index in [9.17, 15) is 0 Å². The van der Waals surface area contributed by atoms with Gasteiger partial charge in [0.15, 0.2) is 0 Å². The summed E-state index contributed by atoms with van der Waals surface area (Å²) in [6.07, 6.45) is 1.70. The molecule has 2 N–H and O–H groups in total. The molecule has 0 saturated heterocycles. The smallest absolute Gasteiger partial charge is 0.136 e. The molecule has 0 radical (unpaired) electrons. The van der Waals surface area contributed by atoms with Crippen molar-refractivity contribution in [2.75, 3.05) is 5.73 Å². The lowest BCUT2D eigenvalue weighted by molar-refractivity contribution is 0.696. The summed E-state index contributed by atoms with van der Waals surface area (Å²) >= 11 is 10.2. The van der Waals surface area contributed by atoms with Gasteiger partial charge < -0.3 is 5.73 Å². The summed E-state index contributed by atoms with van der Waals surface area (Å²) in [4.78, 5) is 0. The maximum Gasteiger partial charge on any atom is 0.136 e. The highest BCUT2D eigenvalue weighted by atomic mass is 79.9. The fourth-order valence-electron chi connectivity index (χ4n) is 1.31. The normalized spacial score (nSPS) is 10.7. The Morgan fingerprint density at radius 1 is 1.12 bits per heavy atom. The van der Waals surface area contributed by atoms with Gasteiger partial charge in [0.05, 0.1) is 17.2 Å². The molecule has 0 aliphatic rings. The van der Waals surface area contributed by atoms with Crippen LogP contribution in [0.1, 0.15) is 5.56 Å². The van der Waals surface area contributed by atoms with Crippen molar-refractivity contribution in [3.8, 4) is 0 Å². The van der Waals surface area contributed by atoms with Crippen LogP contribution in [0.4, 0.5) is 5.82 Å². The summed E-state index contributed by atoms with van der Waals surface area (Å²) in [6.45, 7) is 0.656. The zero-order valence-corrected chi connectivity index (χ0v) is 12.9. The highest BCUT2D eigenvalue weighted by molar-refractivity contribution is 9.13. The van der Waals surface area contributed by atoms with Gasteiger partial charge in [0.2, 0.25) is 0 Å². The van der Waals surface area contributed by atoms with Crippen LogP contribution in [0.2, 0.25) is 0 Å². The second kappa shape index (κ2) is 4.89. The predicted octanol–water partition coefficient (Wildman–Crippen LogP) is 3.80. The lowest BCUT2D eigenvalue weighted by Crippen LogP contribution is -2.05. The lowest BCUT2D eigenvalue weighted by atomic mass is 10.2. The van der Waals surface area contributed by atoms with Gasteiger partial charge in [0, 0.05) is 8.95 Å². The van der Waals surface area contributed by atoms with E-state index >= 15 is 0 Å². The number of rotatable bonds is 2. The van der Waals surface area contributed by atoms with E-state index in [4.69, 9.17) is 5.73 Å². The molecular weight excluding hydrogens is 402 g/mol. The van der Waals surface area contributed by atoms with Gasteiger partial charge in [0.25, 0.3) is 0 Å². The van der Waals surface area contributed by atoms with Crippen molar-refractivity contribution in [2.45, 2.75) is 6.54 Å². The van der Waals surface area contributed by atoms with Crippen LogP contribution in [-0.4, -0.2) is 9.78 Å². The van der Waals surface area contributed by atoms with E-state index in [1.165, 1.54) is 0 Å². The van der Waals surface area contributed by atoms with Crippen LogP contribution in [0, 0.1) is 0 Å². The SMILES string of the molecule is Nc1c(Br)cnn1Cc1ccc(Br)c(Br)c1. The van der Waals surface area contributed by atoms with Gasteiger partial charge in [-0.25, -0.2) is 4.68 Å². The minimum absolute atomic E-state index is 0.638. The van der Waals surface area contributed by atoms with Crippen molar-refractivity contribution in [3.63, 3.8) is 0 Å². The van der Waals surface area contributed by atoms with E-state index in [1.54, 1.807) is 10.9 Å². The van der Waals surface area contributed by atoms with E-state index in [0.29, 0.717) is 12.4 Å². The molecule has 1 aromatic carbocycles. The zero-order chi connectivity index (χ0) is 11.7. The van der Waals surface area contributed by atoms with Crippen LogP contribution in [0.5, 0.6) is 0 Å². The number of hydrogen-bond acceptors (Lipinski definition) is 2. The molecule has 0 spiro atoms. The third-order valence-corrected chi connectivity index (χ3v) is 4.64. The molecule has 0 aliphatic carbocycles. The van der Waals surface area contributed by atoms with Crippen LogP contribution < -0.4 is 5.73 Å². The molecule has 1 heterocycles. The molecule has 0 fully saturated rings. The number of benzene rings is 1. The third-order valence-electron chi connectivity index (χ3n) is 2.15. The molecule has 0 saturated carbocycles. The second-order valence-electron chi connectivity index (χ2n) is 3.28. The van der Waals surface area contributed by atoms with E-state index in [-0.39, 0.29) is 0 Å². The first-order valence-electron chi connectivity index (χ1n) is 4.48. The van der Waals surface area contributed by atoms with Crippen molar-refractivity contribution >= 4 is 53.6 Å². The number of halogens is 3. The summed E-state index contributed by atoms with van der Waals surface area (Å²) in [6, 6.07) is 6.07. The maximum atomic E-state index is 5.85.